The van der Waals surface area contributed by atoms with Crippen LogP contribution in [0.5, 0.6) is 0 Å². The maximum atomic E-state index is 13.8. The van der Waals surface area contributed by atoms with Crippen molar-refractivity contribution in [3.63, 3.8) is 0 Å². The molecule has 2 heterocycles. The molecule has 0 atom stereocenters. The second kappa shape index (κ2) is 10.0. The minimum Gasteiger partial charge on any atom is -0.393 e. The first-order chi connectivity index (χ1) is 13.2. The van der Waals surface area contributed by atoms with Gasteiger partial charge < -0.3 is 15.3 Å². The van der Waals surface area contributed by atoms with Gasteiger partial charge in [0, 0.05) is 38.3 Å². The minimum atomic E-state index is -0.164. The number of nitrogens with one attached hydrogen (secondary N) is 1. The van der Waals surface area contributed by atoms with E-state index in [1.165, 1.54) is 0 Å². The third-order valence-electron chi connectivity index (χ3n) is 5.66. The van der Waals surface area contributed by atoms with Crippen LogP contribution in [0.3, 0.4) is 0 Å². The molecule has 150 valence electrons. The fourth-order valence-corrected chi connectivity index (χ4v) is 3.91. The van der Waals surface area contributed by atoms with Crippen molar-refractivity contribution in [2.75, 3.05) is 39.3 Å². The zero-order chi connectivity index (χ0) is 19.1. The predicted molar refractivity (Wildman–Crippen MR) is 107 cm³/mol. The van der Waals surface area contributed by atoms with E-state index in [2.05, 4.69) is 22.0 Å². The molecule has 0 bridgehead atoms. The number of guanidine groups is 1. The number of piperidine rings is 2. The Hall–Kier alpha value is -1.66. The lowest BCUT2D eigenvalue weighted by Crippen LogP contribution is -2.47. The molecule has 2 N–H and O–H groups in total. The lowest BCUT2D eigenvalue weighted by atomic mass is 9.96. The van der Waals surface area contributed by atoms with E-state index in [0.717, 1.165) is 76.5 Å². The first kappa shape index (κ1) is 20.1. The molecule has 27 heavy (non-hydrogen) atoms. The van der Waals surface area contributed by atoms with Crippen LogP contribution in [0, 0.1) is 11.7 Å². The highest BCUT2D eigenvalue weighted by atomic mass is 19.1. The van der Waals surface area contributed by atoms with Gasteiger partial charge in [-0.15, -0.1) is 0 Å². The van der Waals surface area contributed by atoms with Gasteiger partial charge >= 0.3 is 0 Å². The van der Waals surface area contributed by atoms with E-state index in [1.807, 2.05) is 12.1 Å². The van der Waals surface area contributed by atoms with Crippen LogP contribution >= 0.6 is 0 Å². The summed E-state index contributed by atoms with van der Waals surface area (Å²) in [6, 6.07) is 7.07. The third kappa shape index (κ3) is 5.91. The fraction of sp³-hybridized carbons (Fsp3) is 0.667. The lowest BCUT2D eigenvalue weighted by Gasteiger charge is -2.34. The van der Waals surface area contributed by atoms with E-state index in [0.29, 0.717) is 12.5 Å². The van der Waals surface area contributed by atoms with Crippen LogP contribution in [0.25, 0.3) is 0 Å². The second-order valence-electron chi connectivity index (χ2n) is 7.72. The van der Waals surface area contributed by atoms with E-state index in [1.54, 1.807) is 12.1 Å². The summed E-state index contributed by atoms with van der Waals surface area (Å²) in [7, 11) is 0. The van der Waals surface area contributed by atoms with E-state index >= 15 is 0 Å². The van der Waals surface area contributed by atoms with Crippen LogP contribution in [-0.2, 0) is 6.54 Å². The quantitative estimate of drug-likeness (QED) is 0.612. The van der Waals surface area contributed by atoms with Crippen LogP contribution in [0.4, 0.5) is 4.39 Å². The zero-order valence-electron chi connectivity index (χ0n) is 16.4. The number of aliphatic hydroxyl groups is 1. The van der Waals surface area contributed by atoms with Gasteiger partial charge in [-0.1, -0.05) is 18.2 Å². The smallest absolute Gasteiger partial charge is 0.193 e. The number of rotatable bonds is 5. The first-order valence-electron chi connectivity index (χ1n) is 10.3. The Morgan fingerprint density at radius 2 is 1.85 bits per heavy atom. The van der Waals surface area contributed by atoms with Gasteiger partial charge in [0.25, 0.3) is 0 Å². The van der Waals surface area contributed by atoms with Gasteiger partial charge in [0.05, 0.1) is 6.10 Å². The van der Waals surface area contributed by atoms with Gasteiger partial charge in [-0.05, 0) is 57.7 Å². The van der Waals surface area contributed by atoms with Crippen molar-refractivity contribution in [1.29, 1.82) is 0 Å². The molecule has 0 amide bonds. The van der Waals surface area contributed by atoms with Crippen LogP contribution in [0.1, 0.15) is 38.2 Å². The number of nitrogens with zero attached hydrogens (tertiary/aromatic N) is 3. The topological polar surface area (TPSA) is 51.1 Å². The summed E-state index contributed by atoms with van der Waals surface area (Å²) in [4.78, 5) is 9.49. The number of benzene rings is 1. The van der Waals surface area contributed by atoms with Crippen molar-refractivity contribution in [2.45, 2.75) is 45.3 Å². The highest BCUT2D eigenvalue weighted by Gasteiger charge is 2.22. The summed E-state index contributed by atoms with van der Waals surface area (Å²) in [5.41, 5.74) is 0.788. The largest absolute Gasteiger partial charge is 0.393 e. The van der Waals surface area contributed by atoms with Gasteiger partial charge in [-0.25, -0.2) is 4.39 Å². The zero-order valence-corrected chi connectivity index (χ0v) is 16.4. The van der Waals surface area contributed by atoms with Crippen LogP contribution in [0.15, 0.2) is 29.3 Å². The molecule has 2 aliphatic heterocycles. The molecule has 5 nitrogen and oxygen atoms in total. The Bertz CT molecular complexity index is 608. The van der Waals surface area contributed by atoms with E-state index < -0.39 is 0 Å². The normalized spacial score (nSPS) is 20.9. The van der Waals surface area contributed by atoms with E-state index in [-0.39, 0.29) is 11.9 Å². The van der Waals surface area contributed by atoms with Gasteiger partial charge in [-0.3, -0.25) is 9.89 Å². The Kier molecular flexibility index (Phi) is 7.47. The molecule has 0 saturated carbocycles. The van der Waals surface area contributed by atoms with Crippen molar-refractivity contribution in [3.8, 4) is 0 Å². The van der Waals surface area contributed by atoms with E-state index in [9.17, 15) is 9.50 Å². The van der Waals surface area contributed by atoms with Crippen molar-refractivity contribution in [1.82, 2.24) is 15.1 Å². The number of hydrogen-bond donors (Lipinski definition) is 2. The predicted octanol–water partition coefficient (Wildman–Crippen LogP) is 2.46. The molecule has 0 aliphatic carbocycles. The van der Waals surface area contributed by atoms with Crippen molar-refractivity contribution < 1.29 is 9.50 Å². The van der Waals surface area contributed by atoms with Crippen LogP contribution in [0.2, 0.25) is 0 Å². The standard InChI is InChI=1S/C21H33FN4O/c1-2-23-21(26-13-9-19(27)10-14-26)24-15-17-7-11-25(12-8-17)16-18-5-3-4-6-20(18)22/h3-6,17,19,27H,2,7-16H2,1H3,(H,23,24). The van der Waals surface area contributed by atoms with Gasteiger partial charge in [0.15, 0.2) is 5.96 Å². The van der Waals surface area contributed by atoms with Gasteiger partial charge in [0.2, 0.25) is 0 Å². The number of halogens is 1. The lowest BCUT2D eigenvalue weighted by molar-refractivity contribution is 0.108. The molecule has 1 aromatic rings. The molecule has 2 aliphatic rings. The Labute approximate surface area is 162 Å². The summed E-state index contributed by atoms with van der Waals surface area (Å²) in [5.74, 6) is 1.47. The number of aliphatic imine (C=N–C) groups is 1. The average molecular weight is 377 g/mol. The molecule has 1 aromatic carbocycles. The first-order valence-corrected chi connectivity index (χ1v) is 10.3. The Balaban J connectivity index is 1.47. The van der Waals surface area contributed by atoms with Crippen molar-refractivity contribution in [3.05, 3.63) is 35.6 Å². The molecular formula is C21H33FN4O. The highest BCUT2D eigenvalue weighted by molar-refractivity contribution is 5.80. The highest BCUT2D eigenvalue weighted by Crippen LogP contribution is 2.20. The second-order valence-corrected chi connectivity index (χ2v) is 7.72. The average Bonchev–Trinajstić information content (AvgIpc) is 2.69. The third-order valence-corrected chi connectivity index (χ3v) is 5.66. The van der Waals surface area contributed by atoms with Crippen LogP contribution < -0.4 is 5.32 Å². The SMILES string of the molecule is CCNC(=NCC1CCN(Cc2ccccc2F)CC1)N1CCC(O)CC1. The van der Waals surface area contributed by atoms with Crippen LogP contribution in [-0.4, -0.2) is 66.2 Å². The number of likely N-dealkylation sites (tertiary alicyclic amines) is 2. The Morgan fingerprint density at radius 1 is 1.15 bits per heavy atom. The summed E-state index contributed by atoms with van der Waals surface area (Å²) >= 11 is 0. The molecule has 3 rings (SSSR count). The molecule has 0 spiro atoms. The maximum absolute atomic E-state index is 13.8. The summed E-state index contributed by atoms with van der Waals surface area (Å²) in [6.07, 6.45) is 3.69. The van der Waals surface area contributed by atoms with Crippen molar-refractivity contribution >= 4 is 5.96 Å². The monoisotopic (exact) mass is 376 g/mol. The van der Waals surface area contributed by atoms with E-state index in [4.69, 9.17) is 4.99 Å². The van der Waals surface area contributed by atoms with Gasteiger partial charge in [-0.2, -0.15) is 0 Å². The fourth-order valence-electron chi connectivity index (χ4n) is 3.91. The van der Waals surface area contributed by atoms with Crippen molar-refractivity contribution in [2.24, 2.45) is 10.9 Å². The summed E-state index contributed by atoms with van der Waals surface area (Å²) < 4.78 is 13.8. The molecule has 2 saturated heterocycles. The number of hydrogen-bond acceptors (Lipinski definition) is 3. The molecule has 6 heteroatoms. The summed E-state index contributed by atoms with van der Waals surface area (Å²) in [5, 5.41) is 13.1. The molecule has 2 fully saturated rings. The maximum Gasteiger partial charge on any atom is 0.193 e. The minimum absolute atomic E-state index is 0.105. The molecule has 0 radical (unpaired) electrons. The Morgan fingerprint density at radius 3 is 2.52 bits per heavy atom. The molecule has 0 aromatic heterocycles. The molecule has 0 unspecified atom stereocenters. The summed E-state index contributed by atoms with van der Waals surface area (Å²) in [6.45, 7) is 8.23. The van der Waals surface area contributed by atoms with Gasteiger partial charge in [0.1, 0.15) is 5.82 Å². The molecular weight excluding hydrogens is 343 g/mol. The number of aliphatic hydroxyl groups excluding tert-OH is 1.